The van der Waals surface area contributed by atoms with Crippen LogP contribution in [0.4, 0.5) is 4.39 Å². The molecule has 2 heterocycles. The van der Waals surface area contributed by atoms with Gasteiger partial charge in [-0.2, -0.15) is 5.26 Å². The van der Waals surface area contributed by atoms with Gasteiger partial charge in [-0.15, -0.1) is 0 Å². The van der Waals surface area contributed by atoms with Crippen molar-refractivity contribution >= 4 is 5.78 Å². The molecular weight excluding hydrogens is 449 g/mol. The topological polar surface area (TPSA) is 47.3 Å². The fourth-order valence-electron chi connectivity index (χ4n) is 5.44. The van der Waals surface area contributed by atoms with E-state index in [4.69, 9.17) is 5.26 Å². The summed E-state index contributed by atoms with van der Waals surface area (Å²) in [6, 6.07) is 23.0. The van der Waals surface area contributed by atoms with Gasteiger partial charge >= 0.3 is 0 Å². The maximum Gasteiger partial charge on any atom is 0.163 e. The van der Waals surface area contributed by atoms with Crippen LogP contribution in [0, 0.1) is 23.1 Å². The van der Waals surface area contributed by atoms with Gasteiger partial charge < -0.3 is 0 Å². The van der Waals surface area contributed by atoms with Crippen molar-refractivity contribution in [3.05, 3.63) is 106 Å². The molecule has 3 aromatic rings. The van der Waals surface area contributed by atoms with Crippen LogP contribution in [-0.2, 0) is 26.1 Å². The molecule has 0 amide bonds. The number of carbonyl (C=O) groups excluding carboxylic acids is 1. The van der Waals surface area contributed by atoms with Gasteiger partial charge in [0.05, 0.1) is 11.6 Å². The van der Waals surface area contributed by atoms with Crippen LogP contribution in [0.5, 0.6) is 0 Å². The van der Waals surface area contributed by atoms with E-state index in [1.807, 2.05) is 42.5 Å². The van der Waals surface area contributed by atoms with E-state index in [1.54, 1.807) is 0 Å². The Bertz CT molecular complexity index is 1240. The first-order chi connectivity index (χ1) is 17.6. The van der Waals surface area contributed by atoms with E-state index in [0.29, 0.717) is 17.9 Å². The molecule has 5 rings (SSSR count). The molecule has 0 aromatic heterocycles. The summed E-state index contributed by atoms with van der Waals surface area (Å²) in [5.74, 6) is 0.475. The van der Waals surface area contributed by atoms with Crippen molar-refractivity contribution in [2.75, 3.05) is 19.6 Å². The van der Waals surface area contributed by atoms with Crippen LogP contribution in [0.2, 0.25) is 0 Å². The van der Waals surface area contributed by atoms with Gasteiger partial charge in [0.1, 0.15) is 5.82 Å². The Labute approximate surface area is 213 Å². The molecular formula is C31H32FN3O. The first-order valence-corrected chi connectivity index (χ1v) is 12.9. The van der Waals surface area contributed by atoms with Gasteiger partial charge in [0.2, 0.25) is 0 Å². The zero-order chi connectivity index (χ0) is 24.9. The summed E-state index contributed by atoms with van der Waals surface area (Å²) in [5, 5.41) is 8.96. The minimum absolute atomic E-state index is 0.206. The number of Topliss-reactive ketones (excluding diaryl/α,β-unsaturated/α-hetero) is 1. The Hall–Kier alpha value is -3.33. The molecule has 184 valence electrons. The molecule has 2 aliphatic heterocycles. The summed E-state index contributed by atoms with van der Waals surface area (Å²) in [6.45, 7) is 5.48. The maximum atomic E-state index is 13.2. The van der Waals surface area contributed by atoms with E-state index in [-0.39, 0.29) is 11.6 Å². The minimum atomic E-state index is -0.206. The van der Waals surface area contributed by atoms with Crippen molar-refractivity contribution in [2.24, 2.45) is 5.92 Å². The van der Waals surface area contributed by atoms with Crippen LogP contribution < -0.4 is 0 Å². The molecule has 0 saturated carbocycles. The van der Waals surface area contributed by atoms with Crippen molar-refractivity contribution < 1.29 is 9.18 Å². The van der Waals surface area contributed by atoms with Gasteiger partial charge in [0.25, 0.3) is 0 Å². The monoisotopic (exact) mass is 481 g/mol. The molecule has 2 aliphatic rings. The number of ketones is 1. The van der Waals surface area contributed by atoms with Gasteiger partial charge in [0, 0.05) is 38.2 Å². The van der Waals surface area contributed by atoms with Crippen molar-refractivity contribution in [2.45, 2.75) is 45.3 Å². The third kappa shape index (κ3) is 6.07. The summed E-state index contributed by atoms with van der Waals surface area (Å²) in [7, 11) is 0. The third-order valence-electron chi connectivity index (χ3n) is 7.61. The Morgan fingerprint density at radius 2 is 1.53 bits per heavy atom. The highest BCUT2D eigenvalue weighted by molar-refractivity contribution is 5.96. The highest BCUT2D eigenvalue weighted by atomic mass is 19.1. The Morgan fingerprint density at radius 3 is 2.22 bits per heavy atom. The lowest BCUT2D eigenvalue weighted by Gasteiger charge is -2.32. The van der Waals surface area contributed by atoms with E-state index in [2.05, 4.69) is 28.0 Å². The van der Waals surface area contributed by atoms with Gasteiger partial charge in [-0.3, -0.25) is 14.6 Å². The second-order valence-corrected chi connectivity index (χ2v) is 10.2. The summed E-state index contributed by atoms with van der Waals surface area (Å²) >= 11 is 0. The third-order valence-corrected chi connectivity index (χ3v) is 7.61. The van der Waals surface area contributed by atoms with E-state index in [1.165, 1.54) is 28.8 Å². The summed E-state index contributed by atoms with van der Waals surface area (Å²) in [6.07, 6.45) is 3.67. The molecule has 4 nitrogen and oxygen atoms in total. The number of fused-ring (bicyclic) bond motifs is 1. The minimum Gasteiger partial charge on any atom is -0.299 e. The van der Waals surface area contributed by atoms with Crippen LogP contribution in [0.15, 0.2) is 66.7 Å². The van der Waals surface area contributed by atoms with E-state index < -0.39 is 0 Å². The second kappa shape index (κ2) is 11.2. The van der Waals surface area contributed by atoms with Crippen LogP contribution >= 0.6 is 0 Å². The van der Waals surface area contributed by atoms with Crippen molar-refractivity contribution in [3.63, 3.8) is 0 Å². The number of carbonyl (C=O) groups is 1. The van der Waals surface area contributed by atoms with Crippen LogP contribution in [0.3, 0.4) is 0 Å². The maximum absolute atomic E-state index is 13.2. The van der Waals surface area contributed by atoms with Crippen LogP contribution in [0.25, 0.3) is 0 Å². The van der Waals surface area contributed by atoms with Gasteiger partial charge in [-0.25, -0.2) is 4.39 Å². The molecule has 3 aromatic carbocycles. The number of benzene rings is 3. The standard InChI is InChI=1S/C31H32FN3O/c32-30-9-5-26(6-10-30)21-35-16-13-27-7-8-28(18-29(27)22-35)31(36)17-23-11-14-34(15-12-23)20-25-3-1-24(19-33)2-4-25/h1-10,18,23H,11-17,20-22H2. The Morgan fingerprint density at radius 1 is 0.861 bits per heavy atom. The molecule has 0 unspecified atom stereocenters. The lowest BCUT2D eigenvalue weighted by atomic mass is 9.88. The molecule has 0 aliphatic carbocycles. The highest BCUT2D eigenvalue weighted by Gasteiger charge is 2.23. The molecule has 0 spiro atoms. The number of piperidine rings is 1. The normalized spacial score (nSPS) is 16.9. The number of halogens is 1. The number of nitrogens with zero attached hydrogens (tertiary/aromatic N) is 3. The van der Waals surface area contributed by atoms with Gasteiger partial charge in [0.15, 0.2) is 5.78 Å². The fourth-order valence-corrected chi connectivity index (χ4v) is 5.44. The average molecular weight is 482 g/mol. The predicted octanol–water partition coefficient (Wildman–Crippen LogP) is 5.74. The number of nitriles is 1. The smallest absolute Gasteiger partial charge is 0.163 e. The lowest BCUT2D eigenvalue weighted by Crippen LogP contribution is -2.34. The zero-order valence-corrected chi connectivity index (χ0v) is 20.6. The fraction of sp³-hybridized carbons (Fsp3) is 0.355. The molecule has 0 radical (unpaired) electrons. The quantitative estimate of drug-likeness (QED) is 0.404. The summed E-state index contributed by atoms with van der Waals surface area (Å²) in [5.41, 5.74) is 6.43. The van der Waals surface area contributed by atoms with Crippen LogP contribution in [-0.4, -0.2) is 35.2 Å². The number of hydrogen-bond acceptors (Lipinski definition) is 4. The Kier molecular flexibility index (Phi) is 7.55. The van der Waals surface area contributed by atoms with Gasteiger partial charge in [-0.05, 0) is 90.9 Å². The number of rotatable bonds is 7. The van der Waals surface area contributed by atoms with E-state index in [9.17, 15) is 9.18 Å². The average Bonchev–Trinajstić information content (AvgIpc) is 2.91. The predicted molar refractivity (Wildman–Crippen MR) is 139 cm³/mol. The molecule has 1 saturated heterocycles. The second-order valence-electron chi connectivity index (χ2n) is 10.2. The lowest BCUT2D eigenvalue weighted by molar-refractivity contribution is 0.0924. The molecule has 5 heteroatoms. The summed E-state index contributed by atoms with van der Waals surface area (Å²) < 4.78 is 13.2. The summed E-state index contributed by atoms with van der Waals surface area (Å²) in [4.78, 5) is 18.0. The van der Waals surface area contributed by atoms with Crippen molar-refractivity contribution in [1.82, 2.24) is 9.80 Å². The van der Waals surface area contributed by atoms with Crippen molar-refractivity contribution in [3.8, 4) is 6.07 Å². The highest BCUT2D eigenvalue weighted by Crippen LogP contribution is 2.26. The number of hydrogen-bond donors (Lipinski definition) is 0. The van der Waals surface area contributed by atoms with E-state index in [0.717, 1.165) is 69.7 Å². The largest absolute Gasteiger partial charge is 0.299 e. The van der Waals surface area contributed by atoms with Crippen LogP contribution in [0.1, 0.15) is 57.4 Å². The molecule has 1 fully saturated rings. The molecule has 0 atom stereocenters. The molecule has 36 heavy (non-hydrogen) atoms. The van der Waals surface area contributed by atoms with Gasteiger partial charge in [-0.1, -0.05) is 36.4 Å². The Balaban J connectivity index is 1.13. The molecule has 0 N–H and O–H groups in total. The SMILES string of the molecule is N#Cc1ccc(CN2CCC(CC(=O)c3ccc4c(c3)CN(Cc3ccc(F)cc3)CC4)CC2)cc1. The molecule has 0 bridgehead atoms. The van der Waals surface area contributed by atoms with Crippen molar-refractivity contribution in [1.29, 1.82) is 5.26 Å². The zero-order valence-electron chi connectivity index (χ0n) is 20.6. The number of likely N-dealkylation sites (tertiary alicyclic amines) is 1. The first-order valence-electron chi connectivity index (χ1n) is 12.9. The first kappa shape index (κ1) is 24.4. The van der Waals surface area contributed by atoms with E-state index >= 15 is 0 Å².